The molecule has 134 valence electrons. The highest BCUT2D eigenvalue weighted by atomic mass is 16.5. The number of likely N-dealkylation sites (tertiary alicyclic amines) is 1. The predicted molar refractivity (Wildman–Crippen MR) is 92.2 cm³/mol. The largest absolute Gasteiger partial charge is 0.496 e. The van der Waals surface area contributed by atoms with Crippen molar-refractivity contribution in [1.82, 2.24) is 10.2 Å². The minimum Gasteiger partial charge on any atom is -0.496 e. The fraction of sp³-hybridized carbons (Fsp3) is 0.611. The first kappa shape index (κ1) is 18.7. The zero-order chi connectivity index (χ0) is 17.2. The Morgan fingerprint density at radius 2 is 1.96 bits per heavy atom. The molecule has 6 heteroatoms. The molecule has 0 aromatic heterocycles. The van der Waals surface area contributed by atoms with Crippen molar-refractivity contribution in [1.29, 1.82) is 0 Å². The van der Waals surface area contributed by atoms with Gasteiger partial charge in [0.15, 0.2) is 0 Å². The minimum atomic E-state index is -0.106. The maximum atomic E-state index is 12.0. The molecule has 6 nitrogen and oxygen atoms in total. The lowest BCUT2D eigenvalue weighted by Gasteiger charge is -2.29. The number of hydrogen-bond donors (Lipinski definition) is 1. The maximum Gasteiger partial charge on any atom is 0.246 e. The van der Waals surface area contributed by atoms with Crippen LogP contribution < -0.4 is 10.1 Å². The molecule has 0 radical (unpaired) electrons. The van der Waals surface area contributed by atoms with E-state index in [0.29, 0.717) is 19.8 Å². The SMILES string of the molecule is COCCOCC(=O)NCC(c1ccccc1OC)N1CCCC1. The van der Waals surface area contributed by atoms with Crippen LogP contribution in [0.4, 0.5) is 0 Å². The molecule has 24 heavy (non-hydrogen) atoms. The van der Waals surface area contributed by atoms with E-state index in [1.807, 2.05) is 18.2 Å². The molecule has 0 spiro atoms. The summed E-state index contributed by atoms with van der Waals surface area (Å²) in [6, 6.07) is 8.13. The second kappa shape index (κ2) is 10.3. The van der Waals surface area contributed by atoms with Crippen LogP contribution in [0.3, 0.4) is 0 Å². The van der Waals surface area contributed by atoms with Crippen LogP contribution in [0.2, 0.25) is 0 Å². The number of methoxy groups -OCH3 is 2. The summed E-state index contributed by atoms with van der Waals surface area (Å²) in [7, 11) is 3.29. The highest BCUT2D eigenvalue weighted by molar-refractivity contribution is 5.77. The molecule has 1 aromatic carbocycles. The molecule has 1 amide bonds. The van der Waals surface area contributed by atoms with Gasteiger partial charge >= 0.3 is 0 Å². The highest BCUT2D eigenvalue weighted by Crippen LogP contribution is 2.31. The summed E-state index contributed by atoms with van der Waals surface area (Å²) >= 11 is 0. The van der Waals surface area contributed by atoms with Crippen molar-refractivity contribution in [2.75, 3.05) is 53.7 Å². The van der Waals surface area contributed by atoms with Gasteiger partial charge in [0.1, 0.15) is 12.4 Å². The lowest BCUT2D eigenvalue weighted by atomic mass is 10.0. The molecule has 1 atom stereocenters. The van der Waals surface area contributed by atoms with Crippen LogP contribution in [-0.2, 0) is 14.3 Å². The molecule has 1 aromatic rings. The molecule has 1 N–H and O–H groups in total. The molecule has 1 saturated heterocycles. The van der Waals surface area contributed by atoms with E-state index in [9.17, 15) is 4.79 Å². The average Bonchev–Trinajstić information content (AvgIpc) is 3.14. The van der Waals surface area contributed by atoms with Crippen LogP contribution >= 0.6 is 0 Å². The molecular weight excluding hydrogens is 308 g/mol. The zero-order valence-corrected chi connectivity index (χ0v) is 14.6. The van der Waals surface area contributed by atoms with Crippen molar-refractivity contribution in [3.63, 3.8) is 0 Å². The quantitative estimate of drug-likeness (QED) is 0.658. The number of benzene rings is 1. The van der Waals surface area contributed by atoms with Crippen molar-refractivity contribution in [3.8, 4) is 5.75 Å². The van der Waals surface area contributed by atoms with Gasteiger partial charge in [-0.15, -0.1) is 0 Å². The third-order valence-electron chi connectivity index (χ3n) is 4.24. The Balaban J connectivity index is 1.95. The maximum absolute atomic E-state index is 12.0. The summed E-state index contributed by atoms with van der Waals surface area (Å²) in [5.41, 5.74) is 1.11. The zero-order valence-electron chi connectivity index (χ0n) is 14.6. The number of hydrogen-bond acceptors (Lipinski definition) is 5. The summed E-state index contributed by atoms with van der Waals surface area (Å²) < 4.78 is 15.7. The molecular formula is C18H28N2O4. The van der Waals surface area contributed by atoms with Gasteiger partial charge in [-0.3, -0.25) is 9.69 Å². The molecule has 1 unspecified atom stereocenters. The summed E-state index contributed by atoms with van der Waals surface area (Å²) in [5, 5.41) is 2.98. The average molecular weight is 336 g/mol. The molecule has 1 heterocycles. The number of carbonyl (C=O) groups is 1. The molecule has 1 aliphatic rings. The van der Waals surface area contributed by atoms with Crippen molar-refractivity contribution < 1.29 is 19.0 Å². The number of rotatable bonds is 10. The van der Waals surface area contributed by atoms with E-state index in [1.165, 1.54) is 12.8 Å². The van der Waals surface area contributed by atoms with Crippen LogP contribution in [0.25, 0.3) is 0 Å². The van der Waals surface area contributed by atoms with Crippen LogP contribution in [-0.4, -0.2) is 64.5 Å². The van der Waals surface area contributed by atoms with Crippen LogP contribution in [0.15, 0.2) is 24.3 Å². The molecule has 0 aliphatic carbocycles. The number of ether oxygens (including phenoxy) is 3. The van der Waals surface area contributed by atoms with Gasteiger partial charge in [0.25, 0.3) is 0 Å². The van der Waals surface area contributed by atoms with E-state index in [0.717, 1.165) is 24.4 Å². The summed E-state index contributed by atoms with van der Waals surface area (Å²) in [6.45, 7) is 3.61. The highest BCUT2D eigenvalue weighted by Gasteiger charge is 2.26. The van der Waals surface area contributed by atoms with Crippen LogP contribution in [0, 0.1) is 0 Å². The van der Waals surface area contributed by atoms with Gasteiger partial charge in [-0.2, -0.15) is 0 Å². The lowest BCUT2D eigenvalue weighted by Crippen LogP contribution is -2.38. The summed E-state index contributed by atoms with van der Waals surface area (Å²) in [5.74, 6) is 0.755. The van der Waals surface area contributed by atoms with Gasteiger partial charge in [-0.25, -0.2) is 0 Å². The van der Waals surface area contributed by atoms with E-state index in [4.69, 9.17) is 14.2 Å². The first-order chi connectivity index (χ1) is 11.8. The fourth-order valence-corrected chi connectivity index (χ4v) is 3.00. The van der Waals surface area contributed by atoms with Crippen molar-refractivity contribution >= 4 is 5.91 Å². The fourth-order valence-electron chi connectivity index (χ4n) is 3.00. The molecule has 2 rings (SSSR count). The van der Waals surface area contributed by atoms with E-state index in [2.05, 4.69) is 16.3 Å². The van der Waals surface area contributed by atoms with Crippen molar-refractivity contribution in [3.05, 3.63) is 29.8 Å². The first-order valence-electron chi connectivity index (χ1n) is 8.46. The number of carbonyl (C=O) groups excluding carboxylic acids is 1. The third kappa shape index (κ3) is 5.47. The second-order valence-electron chi connectivity index (χ2n) is 5.85. The Morgan fingerprint density at radius 1 is 1.21 bits per heavy atom. The number of nitrogens with one attached hydrogen (secondary N) is 1. The van der Waals surface area contributed by atoms with E-state index in [1.54, 1.807) is 14.2 Å². The van der Waals surface area contributed by atoms with Gasteiger partial charge < -0.3 is 19.5 Å². The van der Waals surface area contributed by atoms with Crippen LogP contribution in [0.5, 0.6) is 5.75 Å². The van der Waals surface area contributed by atoms with E-state index >= 15 is 0 Å². The Kier molecular flexibility index (Phi) is 8.01. The van der Waals surface area contributed by atoms with Crippen LogP contribution in [0.1, 0.15) is 24.4 Å². The summed E-state index contributed by atoms with van der Waals surface area (Å²) in [6.07, 6.45) is 2.39. The van der Waals surface area contributed by atoms with E-state index in [-0.39, 0.29) is 18.6 Å². The van der Waals surface area contributed by atoms with E-state index < -0.39 is 0 Å². The molecule has 0 bridgehead atoms. The van der Waals surface area contributed by atoms with Gasteiger partial charge in [0.05, 0.1) is 26.4 Å². The van der Waals surface area contributed by atoms with Gasteiger partial charge in [-0.05, 0) is 32.0 Å². The predicted octanol–water partition coefficient (Wildman–Crippen LogP) is 1.61. The molecule has 1 fully saturated rings. The van der Waals surface area contributed by atoms with Gasteiger partial charge in [0, 0.05) is 19.2 Å². The topological polar surface area (TPSA) is 60.0 Å². The lowest BCUT2D eigenvalue weighted by molar-refractivity contribution is -0.126. The van der Waals surface area contributed by atoms with Gasteiger partial charge in [0.2, 0.25) is 5.91 Å². The standard InChI is InChI=1S/C18H28N2O4/c1-22-11-12-24-14-18(21)19-13-16(20-9-5-6-10-20)15-7-3-4-8-17(15)23-2/h3-4,7-8,16H,5-6,9-14H2,1-2H3,(H,19,21). The Bertz CT molecular complexity index is 504. The molecule has 1 aliphatic heterocycles. The van der Waals surface area contributed by atoms with Crippen molar-refractivity contribution in [2.24, 2.45) is 0 Å². The monoisotopic (exact) mass is 336 g/mol. The first-order valence-corrected chi connectivity index (χ1v) is 8.46. The number of para-hydroxylation sites is 1. The van der Waals surface area contributed by atoms with Gasteiger partial charge in [-0.1, -0.05) is 18.2 Å². The third-order valence-corrected chi connectivity index (χ3v) is 4.24. The summed E-state index contributed by atoms with van der Waals surface area (Å²) in [4.78, 5) is 14.4. The normalized spacial score (nSPS) is 16.1. The smallest absolute Gasteiger partial charge is 0.246 e. The second-order valence-corrected chi connectivity index (χ2v) is 5.85. The minimum absolute atomic E-state index is 0.0575. The molecule has 0 saturated carbocycles. The Labute approximate surface area is 144 Å². The Morgan fingerprint density at radius 3 is 2.67 bits per heavy atom. The number of amides is 1. The number of nitrogens with zero attached hydrogens (tertiary/aromatic N) is 1. The Hall–Kier alpha value is -1.63. The van der Waals surface area contributed by atoms with Crippen molar-refractivity contribution in [2.45, 2.75) is 18.9 Å².